The van der Waals surface area contributed by atoms with Gasteiger partial charge >= 0.3 is 0 Å². The fourth-order valence-electron chi connectivity index (χ4n) is 1.78. The Bertz CT molecular complexity index is 752. The summed E-state index contributed by atoms with van der Waals surface area (Å²) in [7, 11) is 0. The second-order valence-electron chi connectivity index (χ2n) is 3.81. The molecule has 0 amide bonds. The van der Waals surface area contributed by atoms with Crippen LogP contribution in [0.25, 0.3) is 11.0 Å². The average molecular weight is 273 g/mol. The van der Waals surface area contributed by atoms with Crippen molar-refractivity contribution in [3.8, 4) is 0 Å². The Labute approximate surface area is 113 Å². The Balaban J connectivity index is 2.22. The predicted octanol–water partition coefficient (Wildman–Crippen LogP) is 2.59. The van der Waals surface area contributed by atoms with E-state index < -0.39 is 0 Å². The Morgan fingerprint density at radius 1 is 1.11 bits per heavy atom. The summed E-state index contributed by atoms with van der Waals surface area (Å²) in [6.45, 7) is 0. The van der Waals surface area contributed by atoms with Gasteiger partial charge in [0.15, 0.2) is 16.6 Å². The van der Waals surface area contributed by atoms with Crippen LogP contribution in [0.4, 0.5) is 0 Å². The molecule has 3 rings (SSSR count). The van der Waals surface area contributed by atoms with Crippen molar-refractivity contribution in [2.24, 2.45) is 10.9 Å². The maximum atomic E-state index is 6.14. The number of halogens is 1. The van der Waals surface area contributed by atoms with Gasteiger partial charge in [-0.15, -0.1) is 0 Å². The number of hydrogen-bond donors (Lipinski definition) is 1. The number of aromatic nitrogens is 2. The molecule has 2 heterocycles. The molecule has 0 saturated heterocycles. The predicted molar refractivity (Wildman–Crippen MR) is 73.1 cm³/mol. The third-order valence-electron chi connectivity index (χ3n) is 2.64. The molecule has 0 atom stereocenters. The fraction of sp³-hybridized carbons (Fsp3) is 0. The van der Waals surface area contributed by atoms with E-state index in [9.17, 15) is 0 Å². The van der Waals surface area contributed by atoms with Gasteiger partial charge in [-0.25, -0.2) is 9.97 Å². The average Bonchev–Trinajstić information content (AvgIpc) is 2.94. The first-order chi connectivity index (χ1) is 9.29. The molecule has 3 aromatic rings. The van der Waals surface area contributed by atoms with E-state index in [1.807, 2.05) is 24.3 Å². The summed E-state index contributed by atoms with van der Waals surface area (Å²) in [5.74, 6) is 5.90. The highest BCUT2D eigenvalue weighted by atomic mass is 35.5. The van der Waals surface area contributed by atoms with Crippen molar-refractivity contribution in [3.63, 3.8) is 0 Å². The number of fused-ring (bicyclic) bond motifs is 1. The number of hydrogen-bond acceptors (Lipinski definition) is 5. The van der Waals surface area contributed by atoms with E-state index in [4.69, 9.17) is 21.9 Å². The molecule has 5 nitrogen and oxygen atoms in total. The Morgan fingerprint density at radius 3 is 2.47 bits per heavy atom. The van der Waals surface area contributed by atoms with E-state index in [1.165, 1.54) is 6.26 Å². The van der Waals surface area contributed by atoms with E-state index in [1.54, 1.807) is 12.1 Å². The summed E-state index contributed by atoms with van der Waals surface area (Å²) in [5.41, 5.74) is 2.20. The molecule has 94 valence electrons. The van der Waals surface area contributed by atoms with Gasteiger partial charge in [-0.05, 0) is 24.3 Å². The van der Waals surface area contributed by atoms with Crippen LogP contribution in [0.15, 0.2) is 52.2 Å². The van der Waals surface area contributed by atoms with Gasteiger partial charge in [-0.3, -0.25) is 0 Å². The highest BCUT2D eigenvalue weighted by molar-refractivity contribution is 6.34. The van der Waals surface area contributed by atoms with Gasteiger partial charge in [0.05, 0.1) is 17.3 Å². The molecule has 0 aliphatic rings. The molecule has 0 bridgehead atoms. The van der Waals surface area contributed by atoms with Crippen molar-refractivity contribution in [2.75, 3.05) is 0 Å². The highest BCUT2D eigenvalue weighted by Crippen LogP contribution is 2.20. The van der Waals surface area contributed by atoms with Gasteiger partial charge in [-0.1, -0.05) is 23.7 Å². The summed E-state index contributed by atoms with van der Waals surface area (Å²) < 4.78 is 5.27. The van der Waals surface area contributed by atoms with E-state index in [0.29, 0.717) is 22.7 Å². The first-order valence-electron chi connectivity index (χ1n) is 5.54. The number of rotatable bonds is 2. The third-order valence-corrected chi connectivity index (χ3v) is 2.90. The van der Waals surface area contributed by atoms with Crippen LogP contribution in [-0.2, 0) is 0 Å². The number of nitrogens with zero attached hydrogens (tertiary/aromatic N) is 3. The zero-order valence-electron chi connectivity index (χ0n) is 9.75. The second kappa shape index (κ2) is 4.70. The van der Waals surface area contributed by atoms with E-state index in [0.717, 1.165) is 5.52 Å². The van der Waals surface area contributed by atoms with Crippen LogP contribution in [0.2, 0.25) is 5.15 Å². The van der Waals surface area contributed by atoms with Crippen molar-refractivity contribution in [2.45, 2.75) is 0 Å². The number of benzene rings is 1. The van der Waals surface area contributed by atoms with E-state index >= 15 is 0 Å². The SMILES string of the molecule is NN=C(c1ccco1)c1nc2ccccc2nc1Cl. The minimum Gasteiger partial charge on any atom is -0.463 e. The molecular weight excluding hydrogens is 264 g/mol. The van der Waals surface area contributed by atoms with Crippen molar-refractivity contribution >= 4 is 28.3 Å². The van der Waals surface area contributed by atoms with Crippen molar-refractivity contribution in [3.05, 3.63) is 59.3 Å². The maximum absolute atomic E-state index is 6.14. The minimum atomic E-state index is 0.235. The summed E-state index contributed by atoms with van der Waals surface area (Å²) in [6.07, 6.45) is 1.53. The zero-order valence-corrected chi connectivity index (χ0v) is 10.5. The Morgan fingerprint density at radius 2 is 1.84 bits per heavy atom. The van der Waals surface area contributed by atoms with Gasteiger partial charge in [0.25, 0.3) is 0 Å². The summed E-state index contributed by atoms with van der Waals surface area (Å²) in [6, 6.07) is 10.9. The fourth-order valence-corrected chi connectivity index (χ4v) is 2.01. The molecule has 0 radical (unpaired) electrons. The quantitative estimate of drug-likeness (QED) is 0.442. The molecule has 0 spiro atoms. The van der Waals surface area contributed by atoms with Gasteiger partial charge in [-0.2, -0.15) is 5.10 Å². The van der Waals surface area contributed by atoms with Crippen LogP contribution in [0.3, 0.4) is 0 Å². The third kappa shape index (κ3) is 2.04. The van der Waals surface area contributed by atoms with Crippen molar-refractivity contribution < 1.29 is 4.42 Å². The van der Waals surface area contributed by atoms with Crippen molar-refractivity contribution in [1.29, 1.82) is 0 Å². The molecule has 19 heavy (non-hydrogen) atoms. The maximum Gasteiger partial charge on any atom is 0.157 e. The molecule has 0 aliphatic heterocycles. The lowest BCUT2D eigenvalue weighted by atomic mass is 10.2. The number of nitrogens with two attached hydrogens (primary N) is 1. The molecule has 6 heteroatoms. The Hall–Kier alpha value is -2.40. The number of furan rings is 1. The lowest BCUT2D eigenvalue weighted by Gasteiger charge is -2.05. The normalized spacial score (nSPS) is 11.9. The van der Waals surface area contributed by atoms with Crippen LogP contribution in [-0.4, -0.2) is 15.7 Å². The molecule has 1 aromatic carbocycles. The monoisotopic (exact) mass is 272 g/mol. The lowest BCUT2D eigenvalue weighted by molar-refractivity contribution is 0.557. The first kappa shape index (κ1) is 11.7. The molecule has 2 N–H and O–H groups in total. The van der Waals surface area contributed by atoms with Crippen molar-refractivity contribution in [1.82, 2.24) is 9.97 Å². The molecule has 0 saturated carbocycles. The molecular formula is C13H9ClN4O. The number of hydrazone groups is 1. The lowest BCUT2D eigenvalue weighted by Crippen LogP contribution is -2.09. The largest absolute Gasteiger partial charge is 0.463 e. The molecule has 2 aromatic heterocycles. The topological polar surface area (TPSA) is 77.3 Å². The van der Waals surface area contributed by atoms with Crippen LogP contribution in [0, 0.1) is 0 Å². The molecule has 0 aliphatic carbocycles. The summed E-state index contributed by atoms with van der Waals surface area (Å²) in [5, 5.41) is 3.94. The smallest absolute Gasteiger partial charge is 0.157 e. The van der Waals surface area contributed by atoms with Crippen LogP contribution >= 0.6 is 11.6 Å². The van der Waals surface area contributed by atoms with Gasteiger partial charge in [0.2, 0.25) is 0 Å². The second-order valence-corrected chi connectivity index (χ2v) is 4.16. The van der Waals surface area contributed by atoms with E-state index in [-0.39, 0.29) is 5.15 Å². The number of para-hydroxylation sites is 2. The Kier molecular flexibility index (Phi) is 2.89. The summed E-state index contributed by atoms with van der Waals surface area (Å²) >= 11 is 6.14. The highest BCUT2D eigenvalue weighted by Gasteiger charge is 2.17. The first-order valence-corrected chi connectivity index (χ1v) is 5.92. The molecule has 0 fully saturated rings. The van der Waals surface area contributed by atoms with Crippen LogP contribution < -0.4 is 5.84 Å². The van der Waals surface area contributed by atoms with Gasteiger partial charge in [0.1, 0.15) is 5.69 Å². The van der Waals surface area contributed by atoms with Crippen LogP contribution in [0.1, 0.15) is 11.5 Å². The standard InChI is InChI=1S/C13H9ClN4O/c14-13-12(11(18-15)10-6-3-7-19-10)16-8-4-1-2-5-9(8)17-13/h1-7H,15H2. The summed E-state index contributed by atoms with van der Waals surface area (Å²) in [4.78, 5) is 8.72. The minimum absolute atomic E-state index is 0.235. The van der Waals surface area contributed by atoms with Gasteiger partial charge in [0, 0.05) is 0 Å². The molecule has 0 unspecified atom stereocenters. The zero-order chi connectivity index (χ0) is 13.2. The van der Waals surface area contributed by atoms with Gasteiger partial charge < -0.3 is 10.3 Å². The van der Waals surface area contributed by atoms with Crippen LogP contribution in [0.5, 0.6) is 0 Å². The van der Waals surface area contributed by atoms with E-state index in [2.05, 4.69) is 15.1 Å².